The SMILES string of the molecule is Cc1ccc(-c2ccc(OB(Oc3ccccc3)Oc3ccccc3)cc2)cc1. The zero-order valence-electron chi connectivity index (χ0n) is 16.2. The van der Waals surface area contributed by atoms with E-state index in [4.69, 9.17) is 14.0 Å². The largest absolute Gasteiger partial charge is 0.864 e. The maximum absolute atomic E-state index is 5.99. The van der Waals surface area contributed by atoms with E-state index < -0.39 is 7.32 Å². The van der Waals surface area contributed by atoms with Crippen LogP contribution in [0.15, 0.2) is 109 Å². The molecule has 0 amide bonds. The highest BCUT2D eigenvalue weighted by Gasteiger charge is 2.30. The fourth-order valence-electron chi connectivity index (χ4n) is 2.88. The number of benzene rings is 4. The average molecular weight is 380 g/mol. The third kappa shape index (κ3) is 5.20. The molecule has 0 saturated heterocycles. The second-order valence-corrected chi connectivity index (χ2v) is 6.66. The average Bonchev–Trinajstić information content (AvgIpc) is 2.76. The van der Waals surface area contributed by atoms with Gasteiger partial charge in [0, 0.05) is 0 Å². The van der Waals surface area contributed by atoms with Gasteiger partial charge in [-0.25, -0.2) is 0 Å². The molecule has 0 aromatic heterocycles. The molecule has 0 fully saturated rings. The minimum Gasteiger partial charge on any atom is -0.490 e. The standard InChI is InChI=1S/C25H21BO3/c1-20-12-14-21(15-13-20)22-16-18-25(19-17-22)29-26(27-23-8-4-2-5-9-23)28-24-10-6-3-7-11-24/h2-19H,1H3. The summed E-state index contributed by atoms with van der Waals surface area (Å²) in [5, 5.41) is 0. The Labute approximate surface area is 171 Å². The first kappa shape index (κ1) is 18.7. The van der Waals surface area contributed by atoms with Gasteiger partial charge in [0.15, 0.2) is 0 Å². The van der Waals surface area contributed by atoms with Crippen molar-refractivity contribution in [3.8, 4) is 28.4 Å². The minimum absolute atomic E-state index is 0.665. The molecule has 0 aliphatic rings. The summed E-state index contributed by atoms with van der Waals surface area (Å²) in [4.78, 5) is 0. The maximum Gasteiger partial charge on any atom is 0.864 e. The van der Waals surface area contributed by atoms with Crippen LogP contribution in [0, 0.1) is 6.92 Å². The lowest BCUT2D eigenvalue weighted by molar-refractivity contribution is 0.307. The van der Waals surface area contributed by atoms with E-state index >= 15 is 0 Å². The quantitative estimate of drug-likeness (QED) is 0.358. The first-order chi connectivity index (χ1) is 14.3. The molecule has 0 bridgehead atoms. The van der Waals surface area contributed by atoms with E-state index in [0.717, 1.165) is 5.56 Å². The summed E-state index contributed by atoms with van der Waals surface area (Å²) in [6, 6.07) is 35.3. The summed E-state index contributed by atoms with van der Waals surface area (Å²) in [5.41, 5.74) is 3.54. The van der Waals surface area contributed by atoms with Gasteiger partial charge in [-0.2, -0.15) is 0 Å². The van der Waals surface area contributed by atoms with Gasteiger partial charge < -0.3 is 14.0 Å². The Morgan fingerprint density at radius 1 is 0.448 bits per heavy atom. The van der Waals surface area contributed by atoms with Crippen LogP contribution in [0.1, 0.15) is 5.56 Å². The van der Waals surface area contributed by atoms with Crippen LogP contribution in [-0.2, 0) is 0 Å². The number of hydrogen-bond donors (Lipinski definition) is 0. The smallest absolute Gasteiger partial charge is 0.490 e. The van der Waals surface area contributed by atoms with Crippen molar-refractivity contribution in [1.82, 2.24) is 0 Å². The molecule has 142 valence electrons. The van der Waals surface area contributed by atoms with Crippen LogP contribution in [0.5, 0.6) is 17.2 Å². The lowest BCUT2D eigenvalue weighted by Gasteiger charge is -2.16. The van der Waals surface area contributed by atoms with Gasteiger partial charge in [0.1, 0.15) is 17.2 Å². The van der Waals surface area contributed by atoms with Crippen molar-refractivity contribution in [3.05, 3.63) is 115 Å². The number of hydrogen-bond acceptors (Lipinski definition) is 3. The fourth-order valence-corrected chi connectivity index (χ4v) is 2.88. The highest BCUT2D eigenvalue weighted by atomic mass is 16.7. The van der Waals surface area contributed by atoms with E-state index in [1.54, 1.807) is 0 Å². The Bertz CT molecular complexity index is 976. The molecule has 0 heterocycles. The van der Waals surface area contributed by atoms with Crippen LogP contribution in [-0.4, -0.2) is 7.32 Å². The van der Waals surface area contributed by atoms with Gasteiger partial charge in [-0.3, -0.25) is 0 Å². The predicted octanol–water partition coefficient (Wildman–Crippen LogP) is 6.18. The summed E-state index contributed by atoms with van der Waals surface area (Å²) >= 11 is 0. The summed E-state index contributed by atoms with van der Waals surface area (Å²) in [6.07, 6.45) is 0. The highest BCUT2D eigenvalue weighted by molar-refractivity contribution is 6.39. The fraction of sp³-hybridized carbons (Fsp3) is 0.0400. The normalized spacial score (nSPS) is 10.2. The van der Waals surface area contributed by atoms with E-state index in [0.29, 0.717) is 17.2 Å². The second kappa shape index (κ2) is 9.02. The Balaban J connectivity index is 1.51. The molecule has 0 atom stereocenters. The summed E-state index contributed by atoms with van der Waals surface area (Å²) < 4.78 is 17.8. The van der Waals surface area contributed by atoms with Crippen LogP contribution in [0.2, 0.25) is 0 Å². The summed E-state index contributed by atoms with van der Waals surface area (Å²) in [6.45, 7) is 2.08. The van der Waals surface area contributed by atoms with Gasteiger partial charge in [-0.1, -0.05) is 78.4 Å². The molecule has 0 N–H and O–H groups in total. The van der Waals surface area contributed by atoms with E-state index in [-0.39, 0.29) is 0 Å². The topological polar surface area (TPSA) is 27.7 Å². The van der Waals surface area contributed by atoms with E-state index in [1.807, 2.05) is 84.9 Å². The minimum atomic E-state index is -0.912. The highest BCUT2D eigenvalue weighted by Crippen LogP contribution is 2.24. The van der Waals surface area contributed by atoms with Gasteiger partial charge in [-0.15, -0.1) is 0 Å². The van der Waals surface area contributed by atoms with Crippen molar-refractivity contribution in [2.75, 3.05) is 0 Å². The van der Waals surface area contributed by atoms with Crippen LogP contribution in [0.4, 0.5) is 0 Å². The Morgan fingerprint density at radius 3 is 1.28 bits per heavy atom. The number of rotatable bonds is 7. The molecular weight excluding hydrogens is 359 g/mol. The third-order valence-corrected chi connectivity index (χ3v) is 4.42. The van der Waals surface area contributed by atoms with Crippen LogP contribution >= 0.6 is 0 Å². The molecule has 0 aliphatic carbocycles. The second-order valence-electron chi connectivity index (χ2n) is 6.66. The van der Waals surface area contributed by atoms with Gasteiger partial charge in [-0.05, 0) is 54.4 Å². The van der Waals surface area contributed by atoms with E-state index in [2.05, 4.69) is 31.2 Å². The van der Waals surface area contributed by atoms with Gasteiger partial charge in [0.05, 0.1) is 0 Å². The third-order valence-electron chi connectivity index (χ3n) is 4.42. The van der Waals surface area contributed by atoms with Gasteiger partial charge >= 0.3 is 7.32 Å². The molecule has 4 heteroatoms. The summed E-state index contributed by atoms with van der Waals surface area (Å²) in [5.74, 6) is 2.01. The van der Waals surface area contributed by atoms with Gasteiger partial charge in [0.25, 0.3) is 0 Å². The van der Waals surface area contributed by atoms with Crippen molar-refractivity contribution in [2.24, 2.45) is 0 Å². The number of aryl methyl sites for hydroxylation is 1. The predicted molar refractivity (Wildman–Crippen MR) is 117 cm³/mol. The molecule has 3 nitrogen and oxygen atoms in total. The monoisotopic (exact) mass is 380 g/mol. The van der Waals surface area contributed by atoms with Crippen LogP contribution in [0.3, 0.4) is 0 Å². The lowest BCUT2D eigenvalue weighted by atomic mass is 10.0. The summed E-state index contributed by atoms with van der Waals surface area (Å²) in [7, 11) is -0.912. The Kier molecular flexibility index (Phi) is 5.82. The number of para-hydroxylation sites is 2. The van der Waals surface area contributed by atoms with Crippen LogP contribution in [0.25, 0.3) is 11.1 Å². The van der Waals surface area contributed by atoms with E-state index in [9.17, 15) is 0 Å². The van der Waals surface area contributed by atoms with Crippen molar-refractivity contribution in [2.45, 2.75) is 6.92 Å². The Hall–Kier alpha value is -3.66. The molecule has 0 unspecified atom stereocenters. The molecule has 29 heavy (non-hydrogen) atoms. The Morgan fingerprint density at radius 2 is 0.828 bits per heavy atom. The molecule has 0 aliphatic heterocycles. The van der Waals surface area contributed by atoms with E-state index in [1.165, 1.54) is 11.1 Å². The lowest BCUT2D eigenvalue weighted by Crippen LogP contribution is -2.36. The molecule has 4 rings (SSSR count). The van der Waals surface area contributed by atoms with Gasteiger partial charge in [0.2, 0.25) is 0 Å². The molecule has 0 saturated carbocycles. The molecule has 0 spiro atoms. The van der Waals surface area contributed by atoms with Crippen molar-refractivity contribution < 1.29 is 14.0 Å². The maximum atomic E-state index is 5.99. The van der Waals surface area contributed by atoms with Crippen molar-refractivity contribution in [1.29, 1.82) is 0 Å². The molecule has 4 aromatic carbocycles. The van der Waals surface area contributed by atoms with Crippen molar-refractivity contribution in [3.63, 3.8) is 0 Å². The molecule has 0 radical (unpaired) electrons. The van der Waals surface area contributed by atoms with Crippen molar-refractivity contribution >= 4 is 7.32 Å². The molecular formula is C25H21BO3. The zero-order valence-corrected chi connectivity index (χ0v) is 16.2. The first-order valence-electron chi connectivity index (χ1n) is 9.53. The first-order valence-corrected chi connectivity index (χ1v) is 9.53. The van der Waals surface area contributed by atoms with Crippen LogP contribution < -0.4 is 14.0 Å². The zero-order chi connectivity index (χ0) is 19.9. The molecule has 4 aromatic rings.